The highest BCUT2D eigenvalue weighted by atomic mass is 32.2. The Balaban J connectivity index is 1.36. The first-order valence-corrected chi connectivity index (χ1v) is 10.6. The summed E-state index contributed by atoms with van der Waals surface area (Å²) in [6.45, 7) is 2.20. The number of hydrogen-bond donors (Lipinski definition) is 3. The summed E-state index contributed by atoms with van der Waals surface area (Å²) in [6.07, 6.45) is 3.74. The summed E-state index contributed by atoms with van der Waals surface area (Å²) in [7, 11) is -3.47. The number of benzene rings is 2. The van der Waals surface area contributed by atoms with Gasteiger partial charge in [-0.3, -0.25) is 15.6 Å². The van der Waals surface area contributed by atoms with Gasteiger partial charge in [-0.1, -0.05) is 18.2 Å². The lowest BCUT2D eigenvalue weighted by atomic mass is 10.2. The van der Waals surface area contributed by atoms with Crippen molar-refractivity contribution in [2.75, 3.05) is 5.43 Å². The van der Waals surface area contributed by atoms with Gasteiger partial charge in [-0.15, -0.1) is 0 Å². The number of para-hydroxylation sites is 1. The molecule has 2 aromatic carbocycles. The fourth-order valence-electron chi connectivity index (χ4n) is 3.10. The van der Waals surface area contributed by atoms with E-state index in [0.717, 1.165) is 29.3 Å². The summed E-state index contributed by atoms with van der Waals surface area (Å²) in [5.74, 6) is -0.201. The summed E-state index contributed by atoms with van der Waals surface area (Å²) in [5.41, 5.74) is 8.20. The lowest BCUT2D eigenvalue weighted by molar-refractivity contribution is -0.121. The first kappa shape index (κ1) is 18.5. The number of hydrogen-bond acceptors (Lipinski definition) is 4. The average Bonchev–Trinajstić information content (AvgIpc) is 3.43. The number of nitrogens with one attached hydrogen (secondary N) is 3. The van der Waals surface area contributed by atoms with Gasteiger partial charge in [0.1, 0.15) is 6.54 Å². The number of aromatic nitrogens is 1. The van der Waals surface area contributed by atoms with Crippen LogP contribution >= 0.6 is 0 Å². The topological polar surface area (TPSA) is 92.2 Å². The van der Waals surface area contributed by atoms with Crippen molar-refractivity contribution in [1.29, 1.82) is 0 Å². The molecule has 1 aromatic heterocycles. The van der Waals surface area contributed by atoms with E-state index in [4.69, 9.17) is 0 Å². The minimum Gasteiger partial charge on any atom is -0.338 e. The largest absolute Gasteiger partial charge is 0.338 e. The minimum absolute atomic E-state index is 0.0653. The molecular weight excluding hydrogens is 376 g/mol. The van der Waals surface area contributed by atoms with Gasteiger partial charge in [0.2, 0.25) is 10.0 Å². The SMILES string of the molecule is Cc1cn(CC(=O)NNc2ccc(S(=O)(=O)NC3CC3)cc2)c2ccccc12. The van der Waals surface area contributed by atoms with Gasteiger partial charge in [0.05, 0.1) is 10.6 Å². The summed E-state index contributed by atoms with van der Waals surface area (Å²) in [4.78, 5) is 12.5. The van der Waals surface area contributed by atoms with E-state index in [-0.39, 0.29) is 23.4 Å². The van der Waals surface area contributed by atoms with Gasteiger partial charge in [-0.2, -0.15) is 0 Å². The zero-order chi connectivity index (χ0) is 19.7. The Kier molecular flexibility index (Phi) is 4.82. The predicted octanol–water partition coefficient (Wildman–Crippen LogP) is 2.53. The van der Waals surface area contributed by atoms with Crippen molar-refractivity contribution in [3.63, 3.8) is 0 Å². The summed E-state index contributed by atoms with van der Waals surface area (Å²) in [5, 5.41) is 1.12. The van der Waals surface area contributed by atoms with Gasteiger partial charge in [0, 0.05) is 23.1 Å². The Hall–Kier alpha value is -2.84. The summed E-state index contributed by atoms with van der Waals surface area (Å²) >= 11 is 0. The van der Waals surface area contributed by atoms with Crippen molar-refractivity contribution in [2.45, 2.75) is 37.2 Å². The number of nitrogens with zero attached hydrogens (tertiary/aromatic N) is 1. The summed E-state index contributed by atoms with van der Waals surface area (Å²) < 4.78 is 28.9. The quantitative estimate of drug-likeness (QED) is 0.533. The van der Waals surface area contributed by atoms with E-state index < -0.39 is 10.0 Å². The van der Waals surface area contributed by atoms with Crippen LogP contribution in [0.15, 0.2) is 59.6 Å². The standard InChI is InChI=1S/C20H22N4O3S/c1-14-12-24(19-5-3-2-4-18(14)19)13-20(25)22-21-15-8-10-17(11-9-15)28(26,27)23-16-6-7-16/h2-5,8-12,16,21,23H,6-7,13H2,1H3,(H,22,25). The molecule has 1 saturated carbocycles. The normalized spacial score (nSPS) is 14.2. The van der Waals surface area contributed by atoms with Gasteiger partial charge in [0.25, 0.3) is 5.91 Å². The molecule has 28 heavy (non-hydrogen) atoms. The number of carbonyl (C=O) groups is 1. The first-order chi connectivity index (χ1) is 13.4. The third-order valence-electron chi connectivity index (χ3n) is 4.71. The van der Waals surface area contributed by atoms with Crippen molar-refractivity contribution in [3.05, 3.63) is 60.3 Å². The number of rotatable bonds is 7. The van der Waals surface area contributed by atoms with Crippen molar-refractivity contribution in [1.82, 2.24) is 14.7 Å². The van der Waals surface area contributed by atoms with Crippen molar-refractivity contribution >= 4 is 32.5 Å². The van der Waals surface area contributed by atoms with Crippen LogP contribution in [0.3, 0.4) is 0 Å². The van der Waals surface area contributed by atoms with Crippen LogP contribution in [0.25, 0.3) is 10.9 Å². The van der Waals surface area contributed by atoms with Gasteiger partial charge >= 0.3 is 0 Å². The minimum atomic E-state index is -3.47. The zero-order valence-corrected chi connectivity index (χ0v) is 16.3. The maximum Gasteiger partial charge on any atom is 0.258 e. The Morgan fingerprint density at radius 1 is 1.11 bits per heavy atom. The second-order valence-electron chi connectivity index (χ2n) is 7.05. The van der Waals surface area contributed by atoms with E-state index >= 15 is 0 Å². The molecule has 0 aliphatic heterocycles. The van der Waals surface area contributed by atoms with Gasteiger partial charge in [-0.05, 0) is 55.7 Å². The number of fused-ring (bicyclic) bond motifs is 1. The molecule has 0 bridgehead atoms. The Bertz CT molecular complexity index is 1120. The number of anilines is 1. The molecule has 1 amide bonds. The molecule has 1 heterocycles. The number of amides is 1. The average molecular weight is 398 g/mol. The Morgan fingerprint density at radius 3 is 2.54 bits per heavy atom. The van der Waals surface area contributed by atoms with E-state index in [9.17, 15) is 13.2 Å². The number of hydrazine groups is 1. The lowest BCUT2D eigenvalue weighted by Gasteiger charge is -2.11. The van der Waals surface area contributed by atoms with Crippen LogP contribution < -0.4 is 15.6 Å². The molecule has 0 spiro atoms. The van der Waals surface area contributed by atoms with E-state index in [1.54, 1.807) is 12.1 Å². The highest BCUT2D eigenvalue weighted by molar-refractivity contribution is 7.89. The van der Waals surface area contributed by atoms with E-state index in [1.807, 2.05) is 42.0 Å². The van der Waals surface area contributed by atoms with Crippen LogP contribution in [0.1, 0.15) is 18.4 Å². The Morgan fingerprint density at radius 2 is 1.82 bits per heavy atom. The molecule has 4 rings (SSSR count). The van der Waals surface area contributed by atoms with Crippen LogP contribution in [-0.4, -0.2) is 24.9 Å². The molecule has 1 aliphatic rings. The van der Waals surface area contributed by atoms with Crippen LogP contribution in [0, 0.1) is 6.92 Å². The van der Waals surface area contributed by atoms with Crippen LogP contribution in [0.2, 0.25) is 0 Å². The molecule has 7 nitrogen and oxygen atoms in total. The second kappa shape index (κ2) is 7.29. The fourth-order valence-corrected chi connectivity index (χ4v) is 4.41. The molecule has 0 unspecified atom stereocenters. The molecule has 8 heteroatoms. The van der Waals surface area contributed by atoms with Crippen LogP contribution in [-0.2, 0) is 21.4 Å². The number of sulfonamides is 1. The predicted molar refractivity (Wildman–Crippen MR) is 108 cm³/mol. The number of carbonyl (C=O) groups excluding carboxylic acids is 1. The molecule has 0 saturated heterocycles. The van der Waals surface area contributed by atoms with E-state index in [2.05, 4.69) is 15.6 Å². The molecule has 0 atom stereocenters. The molecule has 3 N–H and O–H groups in total. The monoisotopic (exact) mass is 398 g/mol. The Labute approximate surface area is 163 Å². The number of aryl methyl sites for hydroxylation is 1. The maximum absolute atomic E-state index is 12.3. The highest BCUT2D eigenvalue weighted by Crippen LogP contribution is 2.23. The zero-order valence-electron chi connectivity index (χ0n) is 15.5. The molecule has 1 aliphatic carbocycles. The molecule has 1 fully saturated rings. The third-order valence-corrected chi connectivity index (χ3v) is 6.25. The lowest BCUT2D eigenvalue weighted by Crippen LogP contribution is -2.32. The molecule has 3 aromatic rings. The maximum atomic E-state index is 12.3. The van der Waals surface area contributed by atoms with Crippen LogP contribution in [0.5, 0.6) is 0 Å². The van der Waals surface area contributed by atoms with Gasteiger partial charge in [-0.25, -0.2) is 13.1 Å². The van der Waals surface area contributed by atoms with Gasteiger partial charge < -0.3 is 4.57 Å². The summed E-state index contributed by atoms with van der Waals surface area (Å²) in [6, 6.07) is 14.3. The third kappa shape index (κ3) is 4.02. The van der Waals surface area contributed by atoms with Gasteiger partial charge in [0.15, 0.2) is 0 Å². The van der Waals surface area contributed by atoms with Crippen LogP contribution in [0.4, 0.5) is 5.69 Å². The van der Waals surface area contributed by atoms with Crippen molar-refractivity contribution in [2.24, 2.45) is 0 Å². The molecule has 146 valence electrons. The molecular formula is C20H22N4O3S. The van der Waals surface area contributed by atoms with Crippen molar-refractivity contribution in [3.8, 4) is 0 Å². The highest BCUT2D eigenvalue weighted by Gasteiger charge is 2.27. The van der Waals surface area contributed by atoms with Crippen molar-refractivity contribution < 1.29 is 13.2 Å². The first-order valence-electron chi connectivity index (χ1n) is 9.14. The molecule has 0 radical (unpaired) electrons. The van der Waals surface area contributed by atoms with E-state index in [1.165, 1.54) is 12.1 Å². The smallest absolute Gasteiger partial charge is 0.258 e. The fraction of sp³-hybridized carbons (Fsp3) is 0.250. The second-order valence-corrected chi connectivity index (χ2v) is 8.76. The van der Waals surface area contributed by atoms with E-state index in [0.29, 0.717) is 5.69 Å².